The lowest BCUT2D eigenvalue weighted by atomic mass is 10.1. The van der Waals surface area contributed by atoms with Gasteiger partial charge in [-0.3, -0.25) is 0 Å². The lowest BCUT2D eigenvalue weighted by Crippen LogP contribution is -2.39. The van der Waals surface area contributed by atoms with E-state index in [9.17, 15) is 13.2 Å². The monoisotopic (exact) mass is 340 g/mol. The van der Waals surface area contributed by atoms with E-state index < -0.39 is 9.84 Å². The summed E-state index contributed by atoms with van der Waals surface area (Å²) in [6, 6.07) is 5.36. The number of urea groups is 1. The fourth-order valence-electron chi connectivity index (χ4n) is 2.78. The fraction of sp³-hybridized carbons (Fsp3) is 0.533. The van der Waals surface area contributed by atoms with Crippen LogP contribution < -0.4 is 14.8 Å². The molecule has 0 bridgehead atoms. The number of nitrogens with one attached hydrogen (secondary N) is 1. The minimum absolute atomic E-state index is 0.0166. The van der Waals surface area contributed by atoms with Crippen LogP contribution in [-0.2, 0) is 16.4 Å². The molecule has 2 aliphatic heterocycles. The first-order chi connectivity index (χ1) is 10.9. The summed E-state index contributed by atoms with van der Waals surface area (Å²) < 4.78 is 33.4. The van der Waals surface area contributed by atoms with Crippen molar-refractivity contribution in [1.82, 2.24) is 10.2 Å². The summed E-state index contributed by atoms with van der Waals surface area (Å²) in [6.07, 6.45) is 0.620. The quantitative estimate of drug-likeness (QED) is 0.883. The van der Waals surface area contributed by atoms with Gasteiger partial charge in [-0.1, -0.05) is 6.07 Å². The van der Waals surface area contributed by atoms with Gasteiger partial charge in [-0.2, -0.15) is 0 Å². The van der Waals surface area contributed by atoms with Crippen LogP contribution in [0.15, 0.2) is 18.2 Å². The van der Waals surface area contributed by atoms with Crippen LogP contribution in [0.5, 0.6) is 11.5 Å². The first kappa shape index (κ1) is 15.9. The average molecular weight is 340 g/mol. The van der Waals surface area contributed by atoms with Crippen LogP contribution in [0.25, 0.3) is 0 Å². The summed E-state index contributed by atoms with van der Waals surface area (Å²) >= 11 is 0. The number of hydrogen-bond donors (Lipinski definition) is 1. The van der Waals surface area contributed by atoms with Gasteiger partial charge in [0.2, 0.25) is 6.79 Å². The number of carbonyl (C=O) groups excluding carboxylic acids is 1. The maximum Gasteiger partial charge on any atom is 0.317 e. The van der Waals surface area contributed by atoms with E-state index in [0.29, 0.717) is 31.0 Å². The Hall–Kier alpha value is -1.96. The third-order valence-corrected chi connectivity index (χ3v) is 5.91. The third-order valence-electron chi connectivity index (χ3n) is 4.07. The van der Waals surface area contributed by atoms with Gasteiger partial charge in [0.05, 0.1) is 11.5 Å². The van der Waals surface area contributed by atoms with Crippen molar-refractivity contribution in [3.63, 3.8) is 0 Å². The van der Waals surface area contributed by atoms with Crippen LogP contribution in [0.2, 0.25) is 0 Å². The van der Waals surface area contributed by atoms with Crippen LogP contribution in [-0.4, -0.2) is 51.2 Å². The van der Waals surface area contributed by atoms with Crippen LogP contribution in [0, 0.1) is 5.92 Å². The summed E-state index contributed by atoms with van der Waals surface area (Å²) in [4.78, 5) is 13.7. The van der Waals surface area contributed by atoms with Crippen molar-refractivity contribution >= 4 is 15.9 Å². The van der Waals surface area contributed by atoms with Gasteiger partial charge in [0, 0.05) is 20.1 Å². The molecule has 2 amide bonds. The molecule has 1 fully saturated rings. The maximum absolute atomic E-state index is 12.1. The van der Waals surface area contributed by atoms with Crippen LogP contribution in [0.4, 0.5) is 4.79 Å². The van der Waals surface area contributed by atoms with Gasteiger partial charge in [-0.25, -0.2) is 13.2 Å². The number of rotatable bonds is 4. The van der Waals surface area contributed by atoms with Crippen molar-refractivity contribution in [2.75, 3.05) is 31.9 Å². The molecule has 0 aromatic heterocycles. The van der Waals surface area contributed by atoms with Crippen molar-refractivity contribution in [2.24, 2.45) is 5.92 Å². The zero-order valence-electron chi connectivity index (χ0n) is 12.9. The maximum atomic E-state index is 12.1. The Morgan fingerprint density at radius 1 is 1.35 bits per heavy atom. The predicted octanol–water partition coefficient (Wildman–Crippen LogP) is 0.991. The van der Waals surface area contributed by atoms with E-state index >= 15 is 0 Å². The molecule has 2 aliphatic rings. The molecule has 0 radical (unpaired) electrons. The molecule has 1 aromatic rings. The molecule has 1 atom stereocenters. The molecule has 1 N–H and O–H groups in total. The van der Waals surface area contributed by atoms with Gasteiger partial charge in [-0.15, -0.1) is 0 Å². The van der Waals surface area contributed by atoms with E-state index in [4.69, 9.17) is 9.47 Å². The summed E-state index contributed by atoms with van der Waals surface area (Å²) in [6.45, 7) is 1.05. The van der Waals surface area contributed by atoms with Gasteiger partial charge in [0.1, 0.15) is 0 Å². The molecular weight excluding hydrogens is 320 g/mol. The molecule has 2 heterocycles. The zero-order chi connectivity index (χ0) is 16.4. The second-order valence-corrected chi connectivity index (χ2v) is 8.23. The molecule has 126 valence electrons. The topological polar surface area (TPSA) is 84.9 Å². The number of sulfone groups is 1. The molecule has 0 saturated carbocycles. The molecule has 23 heavy (non-hydrogen) atoms. The predicted molar refractivity (Wildman–Crippen MR) is 84.2 cm³/mol. The average Bonchev–Trinajstić information content (AvgIpc) is 3.10. The number of nitrogens with zero attached hydrogens (tertiary/aromatic N) is 1. The number of benzene rings is 1. The smallest absolute Gasteiger partial charge is 0.317 e. The largest absolute Gasteiger partial charge is 0.454 e. The summed E-state index contributed by atoms with van der Waals surface area (Å²) in [5.74, 6) is 1.80. The van der Waals surface area contributed by atoms with Gasteiger partial charge in [-0.05, 0) is 30.0 Å². The fourth-order valence-corrected chi connectivity index (χ4v) is 4.65. The SMILES string of the molecule is CN(Cc1ccc2c(c1)OCO2)C(=O)NC[C@@H]1CCS(=O)(=O)C1. The van der Waals surface area contributed by atoms with Crippen LogP contribution in [0.3, 0.4) is 0 Å². The number of carbonyl (C=O) groups is 1. The molecule has 1 saturated heterocycles. The van der Waals surface area contributed by atoms with E-state index in [1.54, 1.807) is 11.9 Å². The lowest BCUT2D eigenvalue weighted by molar-refractivity contribution is 0.174. The van der Waals surface area contributed by atoms with Crippen molar-refractivity contribution in [3.05, 3.63) is 23.8 Å². The Labute approximate surface area is 135 Å². The molecule has 1 aromatic carbocycles. The van der Waals surface area contributed by atoms with Crippen molar-refractivity contribution in [1.29, 1.82) is 0 Å². The Morgan fingerprint density at radius 3 is 2.87 bits per heavy atom. The highest BCUT2D eigenvalue weighted by molar-refractivity contribution is 7.91. The van der Waals surface area contributed by atoms with Crippen molar-refractivity contribution in [3.8, 4) is 11.5 Å². The van der Waals surface area contributed by atoms with Gasteiger partial charge in [0.15, 0.2) is 21.3 Å². The second-order valence-electron chi connectivity index (χ2n) is 6.00. The Balaban J connectivity index is 1.50. The van der Waals surface area contributed by atoms with E-state index in [2.05, 4.69) is 5.32 Å². The molecule has 0 unspecified atom stereocenters. The Morgan fingerprint density at radius 2 is 2.13 bits per heavy atom. The normalized spacial score (nSPS) is 21.2. The van der Waals surface area contributed by atoms with Crippen molar-refractivity contribution in [2.45, 2.75) is 13.0 Å². The molecule has 0 spiro atoms. The van der Waals surface area contributed by atoms with Gasteiger partial charge < -0.3 is 19.7 Å². The number of amides is 2. The van der Waals surface area contributed by atoms with E-state index in [1.807, 2.05) is 18.2 Å². The highest BCUT2D eigenvalue weighted by Crippen LogP contribution is 2.32. The zero-order valence-corrected chi connectivity index (χ0v) is 13.8. The molecular formula is C15H20N2O5S. The summed E-state index contributed by atoms with van der Waals surface area (Å²) in [5.41, 5.74) is 0.940. The Bertz CT molecular complexity index is 704. The van der Waals surface area contributed by atoms with Gasteiger partial charge in [0.25, 0.3) is 0 Å². The standard InChI is InChI=1S/C15H20N2O5S/c1-17(8-11-2-3-13-14(6-11)22-10-21-13)15(18)16-7-12-4-5-23(19,20)9-12/h2-3,6,12H,4-5,7-10H2,1H3,(H,16,18)/t12-/m0/s1. The summed E-state index contributed by atoms with van der Waals surface area (Å²) in [7, 11) is -1.21. The molecule has 3 rings (SSSR count). The minimum Gasteiger partial charge on any atom is -0.454 e. The van der Waals surface area contributed by atoms with E-state index in [1.165, 1.54) is 0 Å². The van der Waals surface area contributed by atoms with Crippen LogP contribution >= 0.6 is 0 Å². The molecule has 7 nitrogen and oxygen atoms in total. The third kappa shape index (κ3) is 3.87. The highest BCUT2D eigenvalue weighted by Gasteiger charge is 2.28. The number of ether oxygens (including phenoxy) is 2. The summed E-state index contributed by atoms with van der Waals surface area (Å²) in [5, 5.41) is 2.80. The van der Waals surface area contributed by atoms with Crippen LogP contribution in [0.1, 0.15) is 12.0 Å². The van der Waals surface area contributed by atoms with Crippen molar-refractivity contribution < 1.29 is 22.7 Å². The second kappa shape index (κ2) is 6.27. The first-order valence-electron chi connectivity index (χ1n) is 7.51. The first-order valence-corrected chi connectivity index (χ1v) is 9.33. The minimum atomic E-state index is -2.91. The number of hydrogen-bond acceptors (Lipinski definition) is 5. The molecule has 8 heteroatoms. The van der Waals surface area contributed by atoms with E-state index in [0.717, 1.165) is 5.56 Å². The van der Waals surface area contributed by atoms with Gasteiger partial charge >= 0.3 is 6.03 Å². The lowest BCUT2D eigenvalue weighted by Gasteiger charge is -2.19. The van der Waals surface area contributed by atoms with E-state index in [-0.39, 0.29) is 30.2 Å². The number of fused-ring (bicyclic) bond motifs is 1. The Kier molecular flexibility index (Phi) is 4.34. The molecule has 0 aliphatic carbocycles. The highest BCUT2D eigenvalue weighted by atomic mass is 32.2.